The molecule has 0 aliphatic heterocycles. The Morgan fingerprint density at radius 3 is 2.03 bits per heavy atom. The topological polar surface area (TPSA) is 58.6 Å². The lowest BCUT2D eigenvalue weighted by atomic mass is 10.2. The maximum atomic E-state index is 12.6. The van der Waals surface area contributed by atoms with Crippen molar-refractivity contribution in [2.24, 2.45) is 0 Å². The Bertz CT molecular complexity index is 974. The van der Waals surface area contributed by atoms with Crippen LogP contribution in [-0.2, 0) is 14.3 Å². The fraction of sp³-hybridized carbons (Fsp3) is 0.130. The van der Waals surface area contributed by atoms with Crippen molar-refractivity contribution < 1.29 is 14.3 Å². The largest absolute Gasteiger partial charge is 0.451 e. The van der Waals surface area contributed by atoms with E-state index in [2.05, 4.69) is 5.32 Å². The van der Waals surface area contributed by atoms with Gasteiger partial charge in [-0.1, -0.05) is 65.7 Å². The lowest BCUT2D eigenvalue weighted by Crippen LogP contribution is -2.34. The number of rotatable bonds is 7. The number of nitrogens with zero attached hydrogens (tertiary/aromatic N) is 1. The van der Waals surface area contributed by atoms with Crippen LogP contribution in [-0.4, -0.2) is 24.5 Å². The number of benzene rings is 3. The number of carbonyl (C=O) groups is 2. The van der Waals surface area contributed by atoms with Gasteiger partial charge in [-0.05, 0) is 43.3 Å². The van der Waals surface area contributed by atoms with Crippen LogP contribution in [0, 0.1) is 0 Å². The normalized spacial score (nSPS) is 11.4. The Morgan fingerprint density at radius 1 is 0.900 bits per heavy atom. The molecule has 0 bridgehead atoms. The van der Waals surface area contributed by atoms with Crippen LogP contribution >= 0.6 is 23.2 Å². The highest BCUT2D eigenvalue weighted by molar-refractivity contribution is 6.44. The molecule has 0 radical (unpaired) electrons. The van der Waals surface area contributed by atoms with Gasteiger partial charge in [-0.3, -0.25) is 9.59 Å². The van der Waals surface area contributed by atoms with Gasteiger partial charge in [0.15, 0.2) is 6.10 Å². The SMILES string of the molecule is CC(OC(=O)CN(c1ccccc1)c1ccccc1)C(=O)Nc1cccc(Cl)c1Cl. The van der Waals surface area contributed by atoms with Gasteiger partial charge < -0.3 is 15.0 Å². The zero-order valence-corrected chi connectivity index (χ0v) is 17.7. The van der Waals surface area contributed by atoms with Crippen LogP contribution in [0.25, 0.3) is 0 Å². The standard InChI is InChI=1S/C23H20Cl2N2O3/c1-16(23(29)26-20-14-8-13-19(24)22(20)25)30-21(28)15-27(17-9-4-2-5-10-17)18-11-6-3-7-12-18/h2-14,16H,15H2,1H3,(H,26,29). The van der Waals surface area contributed by atoms with E-state index in [1.165, 1.54) is 6.92 Å². The molecule has 0 saturated carbocycles. The molecule has 3 aromatic carbocycles. The summed E-state index contributed by atoms with van der Waals surface area (Å²) in [4.78, 5) is 26.9. The maximum absolute atomic E-state index is 12.6. The smallest absolute Gasteiger partial charge is 0.326 e. The van der Waals surface area contributed by atoms with Gasteiger partial charge in [0, 0.05) is 11.4 Å². The first-order chi connectivity index (χ1) is 14.5. The van der Waals surface area contributed by atoms with Crippen LogP contribution < -0.4 is 10.2 Å². The number of amides is 1. The summed E-state index contributed by atoms with van der Waals surface area (Å²) in [5, 5.41) is 3.17. The minimum atomic E-state index is -1.01. The minimum absolute atomic E-state index is 0.0520. The molecule has 3 aromatic rings. The molecule has 3 rings (SSSR count). The third kappa shape index (κ3) is 5.53. The summed E-state index contributed by atoms with van der Waals surface area (Å²) < 4.78 is 5.36. The number of anilines is 3. The Hall–Kier alpha value is -3.02. The van der Waals surface area contributed by atoms with Gasteiger partial charge in [0.25, 0.3) is 5.91 Å². The molecule has 7 heteroatoms. The van der Waals surface area contributed by atoms with Crippen LogP contribution in [0.3, 0.4) is 0 Å². The van der Waals surface area contributed by atoms with Crippen LogP contribution in [0.4, 0.5) is 17.1 Å². The van der Waals surface area contributed by atoms with Crippen LogP contribution in [0.5, 0.6) is 0 Å². The maximum Gasteiger partial charge on any atom is 0.326 e. The molecule has 1 unspecified atom stereocenters. The van der Waals surface area contributed by atoms with Crippen molar-refractivity contribution in [3.63, 3.8) is 0 Å². The number of ether oxygens (including phenoxy) is 1. The molecule has 30 heavy (non-hydrogen) atoms. The molecule has 0 heterocycles. The highest BCUT2D eigenvalue weighted by atomic mass is 35.5. The summed E-state index contributed by atoms with van der Waals surface area (Å²) in [6, 6.07) is 23.9. The van der Waals surface area contributed by atoms with Gasteiger partial charge in [0.05, 0.1) is 15.7 Å². The van der Waals surface area contributed by atoms with Crippen molar-refractivity contribution in [2.75, 3.05) is 16.8 Å². The van der Waals surface area contributed by atoms with E-state index in [9.17, 15) is 9.59 Å². The van der Waals surface area contributed by atoms with Crippen molar-refractivity contribution in [2.45, 2.75) is 13.0 Å². The van der Waals surface area contributed by atoms with E-state index >= 15 is 0 Å². The first-order valence-electron chi connectivity index (χ1n) is 9.27. The summed E-state index contributed by atoms with van der Waals surface area (Å²) in [7, 11) is 0. The van der Waals surface area contributed by atoms with Gasteiger partial charge in [-0.2, -0.15) is 0 Å². The second-order valence-corrected chi connectivity index (χ2v) is 7.27. The van der Waals surface area contributed by atoms with E-state index in [0.717, 1.165) is 11.4 Å². The molecule has 0 saturated heterocycles. The van der Waals surface area contributed by atoms with E-state index in [-0.39, 0.29) is 11.6 Å². The summed E-state index contributed by atoms with van der Waals surface area (Å²) >= 11 is 12.1. The first-order valence-corrected chi connectivity index (χ1v) is 10.0. The molecule has 5 nitrogen and oxygen atoms in total. The predicted octanol–water partition coefficient (Wildman–Crippen LogP) is 5.70. The number of carbonyl (C=O) groups excluding carboxylic acids is 2. The molecule has 1 N–H and O–H groups in total. The van der Waals surface area contributed by atoms with E-state index in [4.69, 9.17) is 27.9 Å². The molecular formula is C23H20Cl2N2O3. The summed E-state index contributed by atoms with van der Waals surface area (Å²) in [5.41, 5.74) is 2.03. The average molecular weight is 443 g/mol. The van der Waals surface area contributed by atoms with Gasteiger partial charge >= 0.3 is 5.97 Å². The third-order valence-corrected chi connectivity index (χ3v) is 5.13. The minimum Gasteiger partial charge on any atom is -0.451 e. The predicted molar refractivity (Wildman–Crippen MR) is 121 cm³/mol. The Labute approximate surface area is 185 Å². The number of esters is 1. The molecular weight excluding hydrogens is 423 g/mol. The third-order valence-electron chi connectivity index (χ3n) is 4.31. The van der Waals surface area contributed by atoms with E-state index in [1.54, 1.807) is 18.2 Å². The van der Waals surface area contributed by atoms with Gasteiger partial charge in [0.1, 0.15) is 6.54 Å². The van der Waals surface area contributed by atoms with Crippen molar-refractivity contribution in [1.29, 1.82) is 0 Å². The number of hydrogen-bond donors (Lipinski definition) is 1. The van der Waals surface area contributed by atoms with Crippen LogP contribution in [0.1, 0.15) is 6.92 Å². The van der Waals surface area contributed by atoms with E-state index < -0.39 is 18.0 Å². The molecule has 1 atom stereocenters. The van der Waals surface area contributed by atoms with Gasteiger partial charge in [-0.15, -0.1) is 0 Å². The second-order valence-electron chi connectivity index (χ2n) is 6.48. The molecule has 154 valence electrons. The fourth-order valence-corrected chi connectivity index (χ4v) is 3.15. The molecule has 1 amide bonds. The first kappa shape index (κ1) is 21.7. The highest BCUT2D eigenvalue weighted by Gasteiger charge is 2.22. The molecule has 0 fully saturated rings. The van der Waals surface area contributed by atoms with E-state index in [1.807, 2.05) is 65.6 Å². The van der Waals surface area contributed by atoms with Gasteiger partial charge in [0.2, 0.25) is 0 Å². The summed E-state index contributed by atoms with van der Waals surface area (Å²) in [6.45, 7) is 1.45. The number of nitrogens with one attached hydrogen (secondary N) is 1. The number of halogens is 2. The van der Waals surface area contributed by atoms with Crippen molar-refractivity contribution in [3.8, 4) is 0 Å². The zero-order chi connectivity index (χ0) is 21.5. The number of para-hydroxylation sites is 2. The molecule has 0 aliphatic carbocycles. The van der Waals surface area contributed by atoms with Crippen LogP contribution in [0.2, 0.25) is 10.0 Å². The zero-order valence-electron chi connectivity index (χ0n) is 16.2. The van der Waals surface area contributed by atoms with Crippen LogP contribution in [0.15, 0.2) is 78.9 Å². The summed E-state index contributed by atoms with van der Waals surface area (Å²) in [6.07, 6.45) is -1.01. The van der Waals surface area contributed by atoms with Crippen molar-refractivity contribution in [3.05, 3.63) is 88.9 Å². The van der Waals surface area contributed by atoms with Crippen molar-refractivity contribution >= 4 is 52.1 Å². The van der Waals surface area contributed by atoms with E-state index in [0.29, 0.717) is 10.7 Å². The lowest BCUT2D eigenvalue weighted by molar-refractivity contribution is -0.151. The fourth-order valence-electron chi connectivity index (χ4n) is 2.80. The monoisotopic (exact) mass is 442 g/mol. The molecule has 0 spiro atoms. The quantitative estimate of drug-likeness (QED) is 0.476. The van der Waals surface area contributed by atoms with Crippen molar-refractivity contribution in [1.82, 2.24) is 0 Å². The second kappa shape index (κ2) is 10.1. The average Bonchev–Trinajstić information content (AvgIpc) is 2.76. The Kier molecular flexibility index (Phi) is 7.33. The number of hydrogen-bond acceptors (Lipinski definition) is 4. The Morgan fingerprint density at radius 2 is 1.47 bits per heavy atom. The molecule has 0 aromatic heterocycles. The molecule has 0 aliphatic rings. The highest BCUT2D eigenvalue weighted by Crippen LogP contribution is 2.29. The van der Waals surface area contributed by atoms with Gasteiger partial charge in [-0.25, -0.2) is 0 Å². The Balaban J connectivity index is 1.67. The lowest BCUT2D eigenvalue weighted by Gasteiger charge is -2.24. The summed E-state index contributed by atoms with van der Waals surface area (Å²) in [5.74, 6) is -1.04.